The molecule has 1 heterocycles. The van der Waals surface area contributed by atoms with Crippen LogP contribution in [-0.2, 0) is 9.59 Å². The lowest BCUT2D eigenvalue weighted by molar-refractivity contribution is -0.311. The van der Waals surface area contributed by atoms with Gasteiger partial charge in [-0.2, -0.15) is 0 Å². The normalized spacial score (nSPS) is 19.0. The molecule has 0 spiro atoms. The zero-order valence-corrected chi connectivity index (χ0v) is 15.3. The zero-order valence-electron chi connectivity index (χ0n) is 12.9. The summed E-state index contributed by atoms with van der Waals surface area (Å²) in [6, 6.07) is 3.02. The number of thiocarbonyl (C=S) groups is 1. The van der Waals surface area contributed by atoms with E-state index in [2.05, 4.69) is 0 Å². The minimum absolute atomic E-state index is 0.0632. The fourth-order valence-corrected chi connectivity index (χ4v) is 3.84. The molecule has 8 heteroatoms. The van der Waals surface area contributed by atoms with Crippen molar-refractivity contribution >= 4 is 57.9 Å². The Morgan fingerprint density at radius 2 is 2.21 bits per heavy atom. The van der Waals surface area contributed by atoms with Gasteiger partial charge in [0.2, 0.25) is 0 Å². The molecule has 2 rings (SSSR count). The van der Waals surface area contributed by atoms with E-state index in [1.165, 1.54) is 24.3 Å². The number of carbonyl (C=O) groups is 2. The van der Waals surface area contributed by atoms with E-state index in [4.69, 9.17) is 23.8 Å². The Kier molecular flexibility index (Phi) is 6.01. The molecule has 1 saturated heterocycles. The second-order valence-electron chi connectivity index (χ2n) is 5.34. The Hall–Kier alpha value is -1.44. The zero-order chi connectivity index (χ0) is 18.0. The van der Waals surface area contributed by atoms with Crippen LogP contribution in [0, 0.1) is 11.7 Å². The van der Waals surface area contributed by atoms with Crippen LogP contribution in [-0.4, -0.2) is 27.1 Å². The molecule has 24 heavy (non-hydrogen) atoms. The van der Waals surface area contributed by atoms with Crippen LogP contribution in [0.4, 0.5) is 4.39 Å². The van der Waals surface area contributed by atoms with E-state index in [1.54, 1.807) is 6.92 Å². The lowest BCUT2D eigenvalue weighted by Gasteiger charge is -2.32. The molecular weight excluding hydrogens is 373 g/mol. The number of thioether (sulfide) groups is 1. The van der Waals surface area contributed by atoms with Crippen LogP contribution < -0.4 is 5.11 Å². The van der Waals surface area contributed by atoms with Gasteiger partial charge in [0.15, 0.2) is 0 Å². The number of aliphatic carboxylic acids is 1. The third-order valence-electron chi connectivity index (χ3n) is 3.80. The maximum atomic E-state index is 13.9. The van der Waals surface area contributed by atoms with E-state index >= 15 is 0 Å². The Morgan fingerprint density at radius 1 is 1.54 bits per heavy atom. The molecule has 1 fully saturated rings. The second kappa shape index (κ2) is 7.63. The summed E-state index contributed by atoms with van der Waals surface area (Å²) in [4.78, 5) is 25.2. The largest absolute Gasteiger partial charge is 0.548 e. The second-order valence-corrected chi connectivity index (χ2v) is 7.42. The summed E-state index contributed by atoms with van der Waals surface area (Å²) in [5, 5.41) is 11.6. The van der Waals surface area contributed by atoms with Crippen LogP contribution in [0.1, 0.15) is 25.8 Å². The summed E-state index contributed by atoms with van der Waals surface area (Å²) >= 11 is 12.0. The number of carboxylic acids is 1. The number of benzene rings is 1. The number of hydrogen-bond donors (Lipinski definition) is 0. The van der Waals surface area contributed by atoms with Gasteiger partial charge in [0.1, 0.15) is 10.1 Å². The highest BCUT2D eigenvalue weighted by atomic mass is 35.5. The topological polar surface area (TPSA) is 60.4 Å². The summed E-state index contributed by atoms with van der Waals surface area (Å²) in [5.41, 5.74) is 0.0632. The van der Waals surface area contributed by atoms with Gasteiger partial charge in [0, 0.05) is 5.56 Å². The Morgan fingerprint density at radius 3 is 2.75 bits per heavy atom. The van der Waals surface area contributed by atoms with Crippen LogP contribution in [0.5, 0.6) is 0 Å². The maximum absolute atomic E-state index is 13.9. The Bertz CT molecular complexity index is 718. The predicted molar refractivity (Wildman–Crippen MR) is 94.7 cm³/mol. The van der Waals surface area contributed by atoms with Crippen molar-refractivity contribution in [2.75, 3.05) is 0 Å². The molecule has 1 aliphatic heterocycles. The maximum Gasteiger partial charge on any atom is 0.266 e. The van der Waals surface area contributed by atoms with Crippen molar-refractivity contribution in [2.45, 2.75) is 26.3 Å². The average molecular weight is 387 g/mol. The van der Waals surface area contributed by atoms with Crippen LogP contribution in [0.2, 0.25) is 5.02 Å². The number of carboxylic acid groups (broad SMARTS) is 1. The average Bonchev–Trinajstić information content (AvgIpc) is 2.78. The first-order valence-electron chi connectivity index (χ1n) is 7.19. The molecule has 0 aliphatic carbocycles. The van der Waals surface area contributed by atoms with Crippen LogP contribution in [0.15, 0.2) is 23.1 Å². The predicted octanol–water partition coefficient (Wildman–Crippen LogP) is 2.84. The molecule has 0 radical (unpaired) electrons. The van der Waals surface area contributed by atoms with Gasteiger partial charge in [-0.3, -0.25) is 9.69 Å². The molecule has 1 aliphatic rings. The van der Waals surface area contributed by atoms with E-state index < -0.39 is 23.7 Å². The van der Waals surface area contributed by atoms with Gasteiger partial charge in [-0.05, 0) is 24.1 Å². The summed E-state index contributed by atoms with van der Waals surface area (Å²) in [7, 11) is 0. The number of rotatable bonds is 5. The Labute approximate surface area is 153 Å². The summed E-state index contributed by atoms with van der Waals surface area (Å²) in [5.74, 6) is -2.87. The smallest absolute Gasteiger partial charge is 0.266 e. The van der Waals surface area contributed by atoms with E-state index in [0.717, 1.165) is 16.7 Å². The molecule has 1 amide bonds. The molecule has 2 atom stereocenters. The Balaban J connectivity index is 2.42. The van der Waals surface area contributed by atoms with Crippen molar-refractivity contribution in [2.24, 2.45) is 5.92 Å². The van der Waals surface area contributed by atoms with Gasteiger partial charge in [-0.25, -0.2) is 4.39 Å². The van der Waals surface area contributed by atoms with E-state index in [-0.39, 0.29) is 25.7 Å². The third kappa shape index (κ3) is 3.63. The molecule has 1 aromatic rings. The molecule has 0 bridgehead atoms. The SMILES string of the molecule is CC[C@@H](C)[C@@H](C(=O)[O-])N1C(=O)/C(=C/c2c(F)cccc2Cl)SC1=S. The van der Waals surface area contributed by atoms with Gasteiger partial charge in [-0.1, -0.05) is 61.9 Å². The van der Waals surface area contributed by atoms with Crippen molar-refractivity contribution < 1.29 is 19.1 Å². The standard InChI is InChI=1S/C16H15ClFNO3S2/c1-3-8(2)13(15(21)22)19-14(20)12(24-16(19)23)7-9-10(17)5-4-6-11(9)18/h4-8,13H,3H2,1-2H3,(H,21,22)/p-1/b12-7-/t8-,13+/m1/s1. The first kappa shape index (κ1) is 18.9. The summed E-state index contributed by atoms with van der Waals surface area (Å²) in [6.45, 7) is 3.52. The highest BCUT2D eigenvalue weighted by Crippen LogP contribution is 2.37. The van der Waals surface area contributed by atoms with Crippen molar-refractivity contribution in [1.82, 2.24) is 4.90 Å². The molecule has 0 aromatic heterocycles. The van der Waals surface area contributed by atoms with Gasteiger partial charge >= 0.3 is 0 Å². The van der Waals surface area contributed by atoms with E-state index in [1.807, 2.05) is 6.92 Å². The van der Waals surface area contributed by atoms with Crippen LogP contribution >= 0.6 is 35.6 Å². The molecule has 0 saturated carbocycles. The van der Waals surface area contributed by atoms with Crippen molar-refractivity contribution in [3.8, 4) is 0 Å². The third-order valence-corrected chi connectivity index (χ3v) is 5.46. The van der Waals surface area contributed by atoms with Crippen molar-refractivity contribution in [3.63, 3.8) is 0 Å². The van der Waals surface area contributed by atoms with E-state index in [9.17, 15) is 19.1 Å². The minimum atomic E-state index is -1.37. The van der Waals surface area contributed by atoms with Gasteiger partial charge < -0.3 is 9.90 Å². The number of amides is 1. The minimum Gasteiger partial charge on any atom is -0.548 e. The molecule has 0 N–H and O–H groups in total. The molecule has 0 unspecified atom stereocenters. The van der Waals surface area contributed by atoms with Crippen molar-refractivity contribution in [1.29, 1.82) is 0 Å². The number of hydrogen-bond acceptors (Lipinski definition) is 5. The first-order valence-corrected chi connectivity index (χ1v) is 8.80. The quantitative estimate of drug-likeness (QED) is 0.575. The lowest BCUT2D eigenvalue weighted by atomic mass is 9.98. The van der Waals surface area contributed by atoms with Crippen LogP contribution in [0.25, 0.3) is 6.08 Å². The molecule has 1 aromatic carbocycles. The van der Waals surface area contributed by atoms with Crippen molar-refractivity contribution in [3.05, 3.63) is 39.5 Å². The number of carbonyl (C=O) groups excluding carboxylic acids is 2. The fourth-order valence-electron chi connectivity index (χ4n) is 2.31. The first-order chi connectivity index (χ1) is 11.3. The lowest BCUT2D eigenvalue weighted by Crippen LogP contribution is -2.53. The molecular formula is C16H14ClFNO3S2-. The number of nitrogens with zero attached hydrogens (tertiary/aromatic N) is 1. The van der Waals surface area contributed by atoms with E-state index in [0.29, 0.717) is 6.42 Å². The van der Waals surface area contributed by atoms with Gasteiger partial charge in [-0.15, -0.1) is 0 Å². The fraction of sp³-hybridized carbons (Fsp3) is 0.312. The van der Waals surface area contributed by atoms with Gasteiger partial charge in [0.25, 0.3) is 5.91 Å². The van der Waals surface area contributed by atoms with Gasteiger partial charge in [0.05, 0.1) is 21.9 Å². The summed E-state index contributed by atoms with van der Waals surface area (Å²) in [6.07, 6.45) is 1.83. The monoisotopic (exact) mass is 386 g/mol. The highest BCUT2D eigenvalue weighted by molar-refractivity contribution is 8.26. The molecule has 4 nitrogen and oxygen atoms in total. The molecule has 128 valence electrons. The number of halogens is 2. The highest BCUT2D eigenvalue weighted by Gasteiger charge is 2.39. The summed E-state index contributed by atoms with van der Waals surface area (Å²) < 4.78 is 14.0. The van der Waals surface area contributed by atoms with Crippen LogP contribution in [0.3, 0.4) is 0 Å².